The summed E-state index contributed by atoms with van der Waals surface area (Å²) in [6, 6.07) is 7.32. The lowest BCUT2D eigenvalue weighted by Gasteiger charge is -2.35. The summed E-state index contributed by atoms with van der Waals surface area (Å²) in [7, 11) is 0. The Balaban J connectivity index is 1.89. The van der Waals surface area contributed by atoms with Crippen LogP contribution >= 0.6 is 0 Å². The molecule has 0 spiro atoms. The van der Waals surface area contributed by atoms with Gasteiger partial charge in [-0.05, 0) is 36.5 Å². The fourth-order valence-corrected chi connectivity index (χ4v) is 2.97. The summed E-state index contributed by atoms with van der Waals surface area (Å²) in [5.74, 6) is 0.260. The molecule has 1 aromatic rings. The topological polar surface area (TPSA) is 39.1 Å². The maximum atomic E-state index is 13.4. The van der Waals surface area contributed by atoms with Gasteiger partial charge >= 0.3 is 0 Å². The van der Waals surface area contributed by atoms with Gasteiger partial charge in [0.05, 0.1) is 5.56 Å². The zero-order valence-electron chi connectivity index (χ0n) is 10.9. The molecule has 3 rings (SSSR count). The first kappa shape index (κ1) is 12.6. The first-order chi connectivity index (χ1) is 9.29. The lowest BCUT2D eigenvalue weighted by Crippen LogP contribution is -2.45. The van der Waals surface area contributed by atoms with Crippen LogP contribution in [0.4, 0.5) is 4.39 Å². The van der Waals surface area contributed by atoms with Gasteiger partial charge in [-0.3, -0.25) is 4.90 Å². The Morgan fingerprint density at radius 1 is 1.32 bits per heavy atom. The van der Waals surface area contributed by atoms with E-state index >= 15 is 0 Å². The van der Waals surface area contributed by atoms with E-state index in [0.29, 0.717) is 12.0 Å². The molecule has 0 aromatic heterocycles. The Morgan fingerprint density at radius 3 is 2.68 bits per heavy atom. The molecule has 19 heavy (non-hydrogen) atoms. The van der Waals surface area contributed by atoms with E-state index in [0.717, 1.165) is 31.7 Å². The maximum absolute atomic E-state index is 13.4. The molecule has 2 fully saturated rings. The minimum atomic E-state index is -0.416. The van der Waals surface area contributed by atoms with E-state index in [4.69, 9.17) is 5.26 Å². The van der Waals surface area contributed by atoms with Crippen molar-refractivity contribution in [1.82, 2.24) is 10.2 Å². The second-order valence-electron chi connectivity index (χ2n) is 5.42. The van der Waals surface area contributed by atoms with Crippen LogP contribution < -0.4 is 5.32 Å². The summed E-state index contributed by atoms with van der Waals surface area (Å²) in [4.78, 5) is 2.47. The Morgan fingerprint density at radius 2 is 2.05 bits per heavy atom. The molecular formula is C15H18FN3. The van der Waals surface area contributed by atoms with Gasteiger partial charge in [-0.15, -0.1) is 0 Å². The molecule has 100 valence electrons. The minimum Gasteiger partial charge on any atom is -0.314 e. The van der Waals surface area contributed by atoms with Crippen molar-refractivity contribution < 1.29 is 4.39 Å². The number of halogens is 1. The van der Waals surface area contributed by atoms with Crippen LogP contribution in [0.3, 0.4) is 0 Å². The molecule has 2 aliphatic rings. The van der Waals surface area contributed by atoms with Gasteiger partial charge in [0.15, 0.2) is 0 Å². The number of nitriles is 1. The van der Waals surface area contributed by atoms with Crippen LogP contribution in [0, 0.1) is 23.1 Å². The fourth-order valence-electron chi connectivity index (χ4n) is 2.97. The standard InChI is InChI=1S/C15H18FN3/c16-14-4-3-12(9-13(14)10-17)15(11-1-2-11)19-7-5-18-6-8-19/h3-4,9,11,15,18H,1-2,5-8H2/t15-/m1/s1. The van der Waals surface area contributed by atoms with Gasteiger partial charge in [0.2, 0.25) is 0 Å². The second-order valence-corrected chi connectivity index (χ2v) is 5.42. The molecule has 1 aliphatic carbocycles. The number of rotatable bonds is 3. The number of benzene rings is 1. The van der Waals surface area contributed by atoms with Crippen LogP contribution in [0.5, 0.6) is 0 Å². The quantitative estimate of drug-likeness (QED) is 0.903. The highest BCUT2D eigenvalue weighted by molar-refractivity contribution is 5.36. The van der Waals surface area contributed by atoms with Crippen LogP contribution in [0.2, 0.25) is 0 Å². The summed E-state index contributed by atoms with van der Waals surface area (Å²) < 4.78 is 13.4. The average Bonchev–Trinajstić information content (AvgIpc) is 3.27. The molecule has 1 saturated carbocycles. The third kappa shape index (κ3) is 2.63. The van der Waals surface area contributed by atoms with Gasteiger partial charge in [0, 0.05) is 32.2 Å². The van der Waals surface area contributed by atoms with Crippen molar-refractivity contribution in [2.75, 3.05) is 26.2 Å². The molecule has 1 saturated heterocycles. The first-order valence-corrected chi connectivity index (χ1v) is 6.94. The molecule has 1 atom stereocenters. The number of nitrogens with one attached hydrogen (secondary N) is 1. The minimum absolute atomic E-state index is 0.165. The van der Waals surface area contributed by atoms with E-state index in [-0.39, 0.29) is 5.56 Å². The summed E-state index contributed by atoms with van der Waals surface area (Å²) in [6.07, 6.45) is 2.49. The summed E-state index contributed by atoms with van der Waals surface area (Å²) in [6.45, 7) is 4.08. The number of hydrogen-bond acceptors (Lipinski definition) is 3. The Hall–Kier alpha value is -1.44. The first-order valence-electron chi connectivity index (χ1n) is 6.94. The molecule has 1 N–H and O–H groups in total. The molecule has 4 heteroatoms. The highest BCUT2D eigenvalue weighted by atomic mass is 19.1. The molecule has 1 aliphatic heterocycles. The molecular weight excluding hydrogens is 241 g/mol. The Labute approximate surface area is 113 Å². The highest BCUT2D eigenvalue weighted by Gasteiger charge is 2.36. The molecule has 0 bridgehead atoms. The van der Waals surface area contributed by atoms with Crippen molar-refractivity contribution in [3.05, 3.63) is 35.1 Å². The number of nitrogens with zero attached hydrogens (tertiary/aromatic N) is 2. The monoisotopic (exact) mass is 259 g/mol. The van der Waals surface area contributed by atoms with Gasteiger partial charge in [0.25, 0.3) is 0 Å². The lowest BCUT2D eigenvalue weighted by atomic mass is 9.98. The van der Waals surface area contributed by atoms with Crippen LogP contribution in [-0.4, -0.2) is 31.1 Å². The van der Waals surface area contributed by atoms with E-state index in [2.05, 4.69) is 10.2 Å². The van der Waals surface area contributed by atoms with Crippen LogP contribution in [-0.2, 0) is 0 Å². The van der Waals surface area contributed by atoms with Gasteiger partial charge in [-0.25, -0.2) is 4.39 Å². The van der Waals surface area contributed by atoms with Crippen LogP contribution in [0.1, 0.15) is 30.0 Å². The average molecular weight is 259 g/mol. The Kier molecular flexibility index (Phi) is 3.50. The smallest absolute Gasteiger partial charge is 0.140 e. The molecule has 0 unspecified atom stereocenters. The number of hydrogen-bond donors (Lipinski definition) is 1. The Bertz CT molecular complexity index is 499. The van der Waals surface area contributed by atoms with Crippen molar-refractivity contribution in [1.29, 1.82) is 5.26 Å². The van der Waals surface area contributed by atoms with Crippen molar-refractivity contribution in [3.63, 3.8) is 0 Å². The molecule has 3 nitrogen and oxygen atoms in total. The highest BCUT2D eigenvalue weighted by Crippen LogP contribution is 2.44. The van der Waals surface area contributed by atoms with Crippen molar-refractivity contribution in [3.8, 4) is 6.07 Å². The van der Waals surface area contributed by atoms with Gasteiger partial charge in [-0.1, -0.05) is 6.07 Å². The predicted octanol–water partition coefficient (Wildman–Crippen LogP) is 2.05. The van der Waals surface area contributed by atoms with E-state index < -0.39 is 5.82 Å². The van der Waals surface area contributed by atoms with Gasteiger partial charge in [-0.2, -0.15) is 5.26 Å². The molecule has 1 heterocycles. The summed E-state index contributed by atoms with van der Waals surface area (Å²) >= 11 is 0. The third-order valence-electron chi connectivity index (χ3n) is 4.07. The van der Waals surface area contributed by atoms with E-state index in [9.17, 15) is 4.39 Å². The van der Waals surface area contributed by atoms with E-state index in [1.165, 1.54) is 18.9 Å². The number of piperazine rings is 1. The van der Waals surface area contributed by atoms with E-state index in [1.54, 1.807) is 6.07 Å². The van der Waals surface area contributed by atoms with Crippen molar-refractivity contribution in [2.24, 2.45) is 5.92 Å². The van der Waals surface area contributed by atoms with Crippen molar-refractivity contribution >= 4 is 0 Å². The second kappa shape index (κ2) is 5.28. The third-order valence-corrected chi connectivity index (χ3v) is 4.07. The zero-order chi connectivity index (χ0) is 13.2. The predicted molar refractivity (Wildman–Crippen MR) is 71.0 cm³/mol. The van der Waals surface area contributed by atoms with Gasteiger partial charge < -0.3 is 5.32 Å². The molecule has 0 radical (unpaired) electrons. The normalized spacial score (nSPS) is 21.9. The van der Waals surface area contributed by atoms with Crippen LogP contribution in [0.15, 0.2) is 18.2 Å². The summed E-state index contributed by atoms with van der Waals surface area (Å²) in [5.41, 5.74) is 1.26. The van der Waals surface area contributed by atoms with Gasteiger partial charge in [0.1, 0.15) is 11.9 Å². The van der Waals surface area contributed by atoms with Crippen molar-refractivity contribution in [2.45, 2.75) is 18.9 Å². The SMILES string of the molecule is N#Cc1cc([C@@H](C2CC2)N2CCNCC2)ccc1F. The van der Waals surface area contributed by atoms with Crippen LogP contribution in [0.25, 0.3) is 0 Å². The largest absolute Gasteiger partial charge is 0.314 e. The lowest BCUT2D eigenvalue weighted by molar-refractivity contribution is 0.156. The fraction of sp³-hybridized carbons (Fsp3) is 0.533. The summed E-state index contributed by atoms with van der Waals surface area (Å²) in [5, 5.41) is 12.3. The van der Waals surface area contributed by atoms with E-state index in [1.807, 2.05) is 12.1 Å². The zero-order valence-corrected chi connectivity index (χ0v) is 10.9. The molecule has 1 aromatic carbocycles. The molecule has 0 amide bonds. The maximum Gasteiger partial charge on any atom is 0.140 e.